The Balaban J connectivity index is 1.50. The van der Waals surface area contributed by atoms with Crippen LogP contribution in [0, 0.1) is 0 Å². The number of aromatic nitrogens is 3. The second-order valence-corrected chi connectivity index (χ2v) is 6.20. The normalized spacial score (nSPS) is 10.6. The van der Waals surface area contributed by atoms with E-state index in [0.29, 0.717) is 22.2 Å². The summed E-state index contributed by atoms with van der Waals surface area (Å²) in [7, 11) is 0. The lowest BCUT2D eigenvalue weighted by atomic mass is 10.2. The van der Waals surface area contributed by atoms with Gasteiger partial charge in [-0.3, -0.25) is 9.78 Å². The van der Waals surface area contributed by atoms with Crippen LogP contribution in [0.5, 0.6) is 0 Å². The van der Waals surface area contributed by atoms with Crippen LogP contribution in [0.15, 0.2) is 73.2 Å². The number of halogens is 1. The number of hydrogen-bond acceptors (Lipinski definition) is 5. The molecular formula is C20H14ClN5O. The van der Waals surface area contributed by atoms with Gasteiger partial charge in [-0.2, -0.15) is 0 Å². The minimum absolute atomic E-state index is 0.300. The van der Waals surface area contributed by atoms with Gasteiger partial charge in [0.1, 0.15) is 0 Å². The monoisotopic (exact) mass is 375 g/mol. The summed E-state index contributed by atoms with van der Waals surface area (Å²) >= 11 is 5.87. The molecule has 4 rings (SSSR count). The van der Waals surface area contributed by atoms with E-state index in [2.05, 4.69) is 25.6 Å². The number of rotatable bonds is 4. The fraction of sp³-hybridized carbons (Fsp3) is 0. The molecule has 0 fully saturated rings. The summed E-state index contributed by atoms with van der Waals surface area (Å²) < 4.78 is 0. The van der Waals surface area contributed by atoms with Crippen LogP contribution < -0.4 is 10.6 Å². The zero-order chi connectivity index (χ0) is 18.6. The third-order valence-corrected chi connectivity index (χ3v) is 4.15. The molecule has 0 radical (unpaired) electrons. The molecule has 1 amide bonds. The van der Waals surface area contributed by atoms with E-state index >= 15 is 0 Å². The van der Waals surface area contributed by atoms with E-state index in [4.69, 9.17) is 11.6 Å². The number of pyridine rings is 1. The first-order valence-corrected chi connectivity index (χ1v) is 8.56. The Morgan fingerprint density at radius 2 is 1.63 bits per heavy atom. The predicted octanol–water partition coefficient (Wildman–Crippen LogP) is 4.67. The number of benzene rings is 2. The predicted molar refractivity (Wildman–Crippen MR) is 106 cm³/mol. The highest BCUT2D eigenvalue weighted by Gasteiger charge is 2.10. The first kappa shape index (κ1) is 16.9. The van der Waals surface area contributed by atoms with Crippen molar-refractivity contribution in [3.8, 4) is 0 Å². The highest BCUT2D eigenvalue weighted by molar-refractivity contribution is 6.30. The van der Waals surface area contributed by atoms with Crippen molar-refractivity contribution < 1.29 is 4.79 Å². The van der Waals surface area contributed by atoms with Crippen molar-refractivity contribution in [2.75, 3.05) is 10.6 Å². The number of hydrogen-bond donors (Lipinski definition) is 2. The molecule has 2 aromatic carbocycles. The molecule has 4 aromatic rings. The smallest absolute Gasteiger partial charge is 0.258 e. The molecule has 0 aliphatic carbocycles. The maximum atomic E-state index is 12.5. The highest BCUT2D eigenvalue weighted by atomic mass is 35.5. The van der Waals surface area contributed by atoms with Crippen LogP contribution in [0.2, 0.25) is 5.02 Å². The fourth-order valence-electron chi connectivity index (χ4n) is 2.57. The van der Waals surface area contributed by atoms with Gasteiger partial charge in [-0.15, -0.1) is 0 Å². The number of anilines is 3. The molecule has 0 aliphatic heterocycles. The second kappa shape index (κ2) is 7.39. The number of fused-ring (bicyclic) bond motifs is 1. The van der Waals surface area contributed by atoms with Gasteiger partial charge in [-0.05, 0) is 36.4 Å². The van der Waals surface area contributed by atoms with Crippen LogP contribution in [0.1, 0.15) is 10.4 Å². The van der Waals surface area contributed by atoms with E-state index < -0.39 is 0 Å². The maximum absolute atomic E-state index is 12.5. The number of nitrogens with one attached hydrogen (secondary N) is 2. The molecule has 0 atom stereocenters. The largest absolute Gasteiger partial charge is 0.324 e. The fourth-order valence-corrected chi connectivity index (χ4v) is 2.70. The van der Waals surface area contributed by atoms with Gasteiger partial charge in [0, 0.05) is 34.7 Å². The van der Waals surface area contributed by atoms with Crippen LogP contribution >= 0.6 is 11.6 Å². The standard InChI is InChI=1S/C20H14ClN5O/c21-15-6-8-16(9-7-15)25-20-23-11-14(12-24-20)19(27)26-17-5-1-3-13-4-2-10-22-18(13)17/h1-12H,(H,26,27)(H,23,24,25). The van der Waals surface area contributed by atoms with Gasteiger partial charge in [0.2, 0.25) is 5.95 Å². The molecule has 0 aliphatic rings. The lowest BCUT2D eigenvalue weighted by Crippen LogP contribution is -2.13. The molecule has 2 aromatic heterocycles. The average Bonchev–Trinajstić information content (AvgIpc) is 2.70. The number of para-hydroxylation sites is 1. The Morgan fingerprint density at radius 1 is 0.889 bits per heavy atom. The van der Waals surface area contributed by atoms with Gasteiger partial charge in [-0.25, -0.2) is 9.97 Å². The number of amides is 1. The minimum Gasteiger partial charge on any atom is -0.324 e. The first-order chi connectivity index (χ1) is 13.2. The van der Waals surface area contributed by atoms with Crippen LogP contribution in [-0.2, 0) is 0 Å². The molecule has 0 saturated carbocycles. The molecule has 132 valence electrons. The molecule has 0 spiro atoms. The minimum atomic E-state index is -0.300. The van der Waals surface area contributed by atoms with Crippen molar-refractivity contribution in [1.29, 1.82) is 0 Å². The lowest BCUT2D eigenvalue weighted by molar-refractivity contribution is 0.102. The van der Waals surface area contributed by atoms with Gasteiger partial charge in [0.15, 0.2) is 0 Å². The number of carbonyl (C=O) groups excluding carboxylic acids is 1. The third kappa shape index (κ3) is 3.86. The van der Waals surface area contributed by atoms with Crippen LogP contribution in [-0.4, -0.2) is 20.9 Å². The van der Waals surface area contributed by atoms with Crippen molar-refractivity contribution in [3.05, 3.63) is 83.8 Å². The Hall–Kier alpha value is -3.51. The van der Waals surface area contributed by atoms with Gasteiger partial charge in [-0.1, -0.05) is 29.8 Å². The summed E-state index contributed by atoms with van der Waals surface area (Å²) in [6, 6.07) is 16.6. The molecule has 0 saturated heterocycles. The van der Waals surface area contributed by atoms with Crippen molar-refractivity contribution >= 4 is 45.7 Å². The Labute approximate surface area is 160 Å². The zero-order valence-electron chi connectivity index (χ0n) is 14.1. The highest BCUT2D eigenvalue weighted by Crippen LogP contribution is 2.21. The second-order valence-electron chi connectivity index (χ2n) is 5.76. The zero-order valence-corrected chi connectivity index (χ0v) is 14.8. The van der Waals surface area contributed by atoms with E-state index in [1.807, 2.05) is 42.5 Å². The van der Waals surface area contributed by atoms with E-state index in [-0.39, 0.29) is 5.91 Å². The van der Waals surface area contributed by atoms with Crippen LogP contribution in [0.4, 0.5) is 17.3 Å². The summed E-state index contributed by atoms with van der Waals surface area (Å²) in [6.07, 6.45) is 4.64. The Morgan fingerprint density at radius 3 is 2.41 bits per heavy atom. The van der Waals surface area contributed by atoms with Gasteiger partial charge < -0.3 is 10.6 Å². The number of carbonyl (C=O) groups is 1. The summed E-state index contributed by atoms with van der Waals surface area (Å²) in [6.45, 7) is 0. The molecule has 2 heterocycles. The first-order valence-electron chi connectivity index (χ1n) is 8.19. The quantitative estimate of drug-likeness (QED) is 0.541. The van der Waals surface area contributed by atoms with Crippen molar-refractivity contribution in [2.45, 2.75) is 0 Å². The Kier molecular flexibility index (Phi) is 4.63. The van der Waals surface area contributed by atoms with E-state index in [0.717, 1.165) is 16.6 Å². The molecule has 0 unspecified atom stereocenters. The average molecular weight is 376 g/mol. The molecular weight excluding hydrogens is 362 g/mol. The molecule has 0 bridgehead atoms. The maximum Gasteiger partial charge on any atom is 0.258 e. The summed E-state index contributed by atoms with van der Waals surface area (Å²) in [4.78, 5) is 25.2. The molecule has 6 nitrogen and oxygen atoms in total. The topological polar surface area (TPSA) is 79.8 Å². The third-order valence-electron chi connectivity index (χ3n) is 3.90. The number of nitrogens with zero attached hydrogens (tertiary/aromatic N) is 3. The van der Waals surface area contributed by atoms with Gasteiger partial charge >= 0.3 is 0 Å². The molecule has 2 N–H and O–H groups in total. The van der Waals surface area contributed by atoms with Gasteiger partial charge in [0.25, 0.3) is 5.91 Å². The summed E-state index contributed by atoms with van der Waals surface area (Å²) in [5.41, 5.74) is 2.53. The summed E-state index contributed by atoms with van der Waals surface area (Å²) in [5.74, 6) is 0.0897. The van der Waals surface area contributed by atoms with E-state index in [1.54, 1.807) is 18.3 Å². The van der Waals surface area contributed by atoms with Crippen LogP contribution in [0.3, 0.4) is 0 Å². The van der Waals surface area contributed by atoms with Crippen molar-refractivity contribution in [1.82, 2.24) is 15.0 Å². The summed E-state index contributed by atoms with van der Waals surface area (Å²) in [5, 5.41) is 7.51. The molecule has 7 heteroatoms. The van der Waals surface area contributed by atoms with E-state index in [9.17, 15) is 4.79 Å². The van der Waals surface area contributed by atoms with Crippen molar-refractivity contribution in [3.63, 3.8) is 0 Å². The van der Waals surface area contributed by atoms with Crippen LogP contribution in [0.25, 0.3) is 10.9 Å². The van der Waals surface area contributed by atoms with Crippen molar-refractivity contribution in [2.24, 2.45) is 0 Å². The Bertz CT molecular complexity index is 1090. The van der Waals surface area contributed by atoms with E-state index in [1.165, 1.54) is 12.4 Å². The SMILES string of the molecule is O=C(Nc1cccc2cccnc12)c1cnc(Nc2ccc(Cl)cc2)nc1. The van der Waals surface area contributed by atoms with Gasteiger partial charge in [0.05, 0.1) is 16.8 Å². The molecule has 27 heavy (non-hydrogen) atoms. The lowest BCUT2D eigenvalue weighted by Gasteiger charge is -2.08.